The third kappa shape index (κ3) is 3.97. The van der Waals surface area contributed by atoms with Crippen LogP contribution in [0, 0.1) is 11.3 Å². The van der Waals surface area contributed by atoms with Gasteiger partial charge in [0.15, 0.2) is 0 Å². The number of hydrogen-bond donors (Lipinski definition) is 1. The van der Waals surface area contributed by atoms with Crippen LogP contribution in [0.25, 0.3) is 11.1 Å². The van der Waals surface area contributed by atoms with Crippen molar-refractivity contribution in [2.24, 2.45) is 11.3 Å². The number of piperidine rings is 3. The molecule has 6 rings (SSSR count). The first-order valence-corrected chi connectivity index (χ1v) is 12.5. The number of nitrogens with zero attached hydrogens (tertiary/aromatic N) is 2. The number of carboxylic acid groups (broad SMARTS) is 1. The zero-order valence-corrected chi connectivity index (χ0v) is 20.8. The Kier molecular flexibility index (Phi) is 5.36. The molecule has 4 heteroatoms. The highest BCUT2D eigenvalue weighted by Crippen LogP contribution is 2.51. The first-order valence-electron chi connectivity index (χ1n) is 12.5. The van der Waals surface area contributed by atoms with Crippen molar-refractivity contribution in [3.63, 3.8) is 0 Å². The third-order valence-corrected chi connectivity index (χ3v) is 8.39. The average Bonchev–Trinajstić information content (AvgIpc) is 3.03. The first-order chi connectivity index (χ1) is 15.5. The standard InChI is InChI=1S/C29H38N2O2/c1-28(2,3)23-9-6-19(7-10-23)21-8-11-24-22(16-21)17-29(4,5)26(24)31(27(32)33)25-18-30-14-12-20(25)13-15-30/h6-11,16,20,25-26H,12-15,17-18H2,1-5H3,(H,32,33)/t25-,26+/m1/s1. The maximum Gasteiger partial charge on any atom is 0.408 e. The molecule has 3 fully saturated rings. The lowest BCUT2D eigenvalue weighted by atomic mass is 9.79. The molecule has 2 aromatic carbocycles. The normalized spacial score (nSPS) is 27.9. The van der Waals surface area contributed by atoms with Gasteiger partial charge in [0.1, 0.15) is 0 Å². The molecule has 0 spiro atoms. The summed E-state index contributed by atoms with van der Waals surface area (Å²) in [6, 6.07) is 15.6. The van der Waals surface area contributed by atoms with E-state index in [2.05, 4.69) is 82.0 Å². The predicted molar refractivity (Wildman–Crippen MR) is 134 cm³/mol. The second-order valence-electron chi connectivity index (χ2n) is 12.2. The van der Waals surface area contributed by atoms with Crippen molar-refractivity contribution in [3.05, 3.63) is 59.2 Å². The summed E-state index contributed by atoms with van der Waals surface area (Å²) < 4.78 is 0. The summed E-state index contributed by atoms with van der Waals surface area (Å²) >= 11 is 0. The molecule has 3 heterocycles. The molecule has 2 atom stereocenters. The van der Waals surface area contributed by atoms with Crippen LogP contribution in [0.5, 0.6) is 0 Å². The maximum atomic E-state index is 12.7. The molecule has 1 aliphatic carbocycles. The van der Waals surface area contributed by atoms with Gasteiger partial charge in [0.05, 0.1) is 12.1 Å². The molecule has 33 heavy (non-hydrogen) atoms. The van der Waals surface area contributed by atoms with Crippen molar-refractivity contribution < 1.29 is 9.90 Å². The van der Waals surface area contributed by atoms with Crippen LogP contribution in [-0.2, 0) is 11.8 Å². The van der Waals surface area contributed by atoms with E-state index in [1.807, 2.05) is 4.90 Å². The van der Waals surface area contributed by atoms with E-state index in [1.165, 1.54) is 27.8 Å². The van der Waals surface area contributed by atoms with Crippen molar-refractivity contribution in [3.8, 4) is 11.1 Å². The smallest absolute Gasteiger partial charge is 0.408 e. The van der Waals surface area contributed by atoms with Crippen LogP contribution < -0.4 is 0 Å². The topological polar surface area (TPSA) is 43.8 Å². The summed E-state index contributed by atoms with van der Waals surface area (Å²) in [5.41, 5.74) is 6.30. The minimum Gasteiger partial charge on any atom is -0.465 e. The molecule has 0 radical (unpaired) electrons. The zero-order chi connectivity index (χ0) is 23.5. The Balaban J connectivity index is 1.49. The van der Waals surface area contributed by atoms with E-state index < -0.39 is 6.09 Å². The van der Waals surface area contributed by atoms with E-state index >= 15 is 0 Å². The Morgan fingerprint density at radius 2 is 1.67 bits per heavy atom. The lowest BCUT2D eigenvalue weighted by Crippen LogP contribution is -2.60. The van der Waals surface area contributed by atoms with Gasteiger partial charge in [-0.15, -0.1) is 0 Å². The molecule has 3 saturated heterocycles. The van der Waals surface area contributed by atoms with Crippen LogP contribution in [0.3, 0.4) is 0 Å². The molecule has 1 amide bonds. The molecule has 1 N–H and O–H groups in total. The highest BCUT2D eigenvalue weighted by Gasteiger charge is 2.50. The van der Waals surface area contributed by atoms with E-state index in [-0.39, 0.29) is 22.9 Å². The van der Waals surface area contributed by atoms with Crippen LogP contribution in [0.1, 0.15) is 70.2 Å². The number of rotatable bonds is 3. The Morgan fingerprint density at radius 1 is 1.03 bits per heavy atom. The molecule has 176 valence electrons. The van der Waals surface area contributed by atoms with Crippen LogP contribution in [0.4, 0.5) is 4.79 Å². The van der Waals surface area contributed by atoms with Crippen LogP contribution in [0.15, 0.2) is 42.5 Å². The highest BCUT2D eigenvalue weighted by molar-refractivity contribution is 5.69. The summed E-state index contributed by atoms with van der Waals surface area (Å²) in [5, 5.41) is 10.4. The van der Waals surface area contributed by atoms with Gasteiger partial charge in [0.2, 0.25) is 0 Å². The third-order valence-electron chi connectivity index (χ3n) is 8.39. The quantitative estimate of drug-likeness (QED) is 0.597. The largest absolute Gasteiger partial charge is 0.465 e. The van der Waals surface area contributed by atoms with E-state index in [1.54, 1.807) is 0 Å². The fourth-order valence-corrected chi connectivity index (χ4v) is 6.60. The molecule has 2 bridgehead atoms. The van der Waals surface area contributed by atoms with E-state index in [4.69, 9.17) is 0 Å². The SMILES string of the molecule is CC(C)(C)c1ccc(-c2ccc3c(c2)CC(C)(C)[C@H]3N(C(=O)O)[C@@H]2CN3CCC2CC3)cc1. The second-order valence-corrected chi connectivity index (χ2v) is 12.2. The van der Waals surface area contributed by atoms with Gasteiger partial charge < -0.3 is 10.0 Å². The Labute approximate surface area is 198 Å². The Morgan fingerprint density at radius 3 is 2.21 bits per heavy atom. The van der Waals surface area contributed by atoms with Crippen molar-refractivity contribution in [2.75, 3.05) is 19.6 Å². The molecule has 4 nitrogen and oxygen atoms in total. The van der Waals surface area contributed by atoms with Gasteiger partial charge in [-0.2, -0.15) is 0 Å². The molecule has 2 aromatic rings. The monoisotopic (exact) mass is 446 g/mol. The lowest BCUT2D eigenvalue weighted by Gasteiger charge is -2.51. The van der Waals surface area contributed by atoms with Gasteiger partial charge >= 0.3 is 6.09 Å². The number of carbonyl (C=O) groups is 1. The van der Waals surface area contributed by atoms with Crippen molar-refractivity contribution in [1.29, 1.82) is 0 Å². The Bertz CT molecular complexity index is 1040. The fourth-order valence-electron chi connectivity index (χ4n) is 6.60. The van der Waals surface area contributed by atoms with Gasteiger partial charge in [-0.05, 0) is 76.9 Å². The first kappa shape index (κ1) is 22.5. The molecular formula is C29H38N2O2. The fraction of sp³-hybridized carbons (Fsp3) is 0.552. The molecule has 4 aliphatic rings. The highest BCUT2D eigenvalue weighted by atomic mass is 16.4. The molecular weight excluding hydrogens is 408 g/mol. The summed E-state index contributed by atoms with van der Waals surface area (Å²) in [7, 11) is 0. The summed E-state index contributed by atoms with van der Waals surface area (Å²) in [6.45, 7) is 14.3. The average molecular weight is 447 g/mol. The molecule has 3 aliphatic heterocycles. The Hall–Kier alpha value is -2.33. The minimum atomic E-state index is -0.762. The van der Waals surface area contributed by atoms with E-state index in [0.717, 1.165) is 38.9 Å². The molecule has 0 unspecified atom stereocenters. The van der Waals surface area contributed by atoms with Crippen LogP contribution in [0.2, 0.25) is 0 Å². The van der Waals surface area contributed by atoms with Crippen molar-refractivity contribution in [2.45, 2.75) is 71.4 Å². The second kappa shape index (κ2) is 7.87. The molecule has 0 saturated carbocycles. The summed E-state index contributed by atoms with van der Waals surface area (Å²) in [5.74, 6) is 0.492. The number of hydrogen-bond acceptors (Lipinski definition) is 2. The zero-order valence-electron chi connectivity index (χ0n) is 20.8. The lowest BCUT2D eigenvalue weighted by molar-refractivity contribution is -0.0267. The van der Waals surface area contributed by atoms with Crippen molar-refractivity contribution >= 4 is 6.09 Å². The number of benzene rings is 2. The van der Waals surface area contributed by atoms with Crippen molar-refractivity contribution in [1.82, 2.24) is 9.80 Å². The van der Waals surface area contributed by atoms with Gasteiger partial charge in [-0.3, -0.25) is 4.90 Å². The van der Waals surface area contributed by atoms with Gasteiger partial charge in [0.25, 0.3) is 0 Å². The number of amides is 1. The summed E-state index contributed by atoms with van der Waals surface area (Å²) in [6.07, 6.45) is 2.39. The van der Waals surface area contributed by atoms with Gasteiger partial charge in [-0.1, -0.05) is 77.1 Å². The summed E-state index contributed by atoms with van der Waals surface area (Å²) in [4.78, 5) is 17.0. The minimum absolute atomic E-state index is 0.0899. The van der Waals surface area contributed by atoms with E-state index in [9.17, 15) is 9.90 Å². The maximum absolute atomic E-state index is 12.7. The predicted octanol–water partition coefficient (Wildman–Crippen LogP) is 6.35. The van der Waals surface area contributed by atoms with Gasteiger partial charge in [0, 0.05) is 6.54 Å². The van der Waals surface area contributed by atoms with Gasteiger partial charge in [-0.25, -0.2) is 4.79 Å². The van der Waals surface area contributed by atoms with Crippen LogP contribution in [-0.4, -0.2) is 46.7 Å². The van der Waals surface area contributed by atoms with Crippen LogP contribution >= 0.6 is 0 Å². The van der Waals surface area contributed by atoms with E-state index in [0.29, 0.717) is 5.92 Å². The number of fused-ring (bicyclic) bond motifs is 4. The molecule has 0 aromatic heterocycles.